The Kier molecular flexibility index (Phi) is 6.61. The van der Waals surface area contributed by atoms with Crippen LogP contribution >= 0.6 is 12.4 Å². The number of hydrogen-bond donors (Lipinski definition) is 1. The SMILES string of the molecule is CC1CCC(CC(=O)N2CCC(C)CC2CN)C1.Cl. The molecule has 2 rings (SSSR count). The summed E-state index contributed by atoms with van der Waals surface area (Å²) in [5.74, 6) is 2.52. The molecular weight excluding hydrogens is 260 g/mol. The molecule has 3 nitrogen and oxygen atoms in total. The summed E-state index contributed by atoms with van der Waals surface area (Å²) in [6.07, 6.45) is 6.77. The second kappa shape index (κ2) is 7.49. The molecule has 1 aliphatic carbocycles. The second-order valence-electron chi connectivity index (χ2n) is 6.59. The first-order chi connectivity index (χ1) is 8.60. The molecule has 19 heavy (non-hydrogen) atoms. The molecular formula is C15H29ClN2O. The van der Waals surface area contributed by atoms with E-state index in [0.717, 1.165) is 31.7 Å². The highest BCUT2D eigenvalue weighted by atomic mass is 35.5. The molecule has 1 heterocycles. The Labute approximate surface area is 123 Å². The van der Waals surface area contributed by atoms with E-state index in [-0.39, 0.29) is 12.4 Å². The van der Waals surface area contributed by atoms with Gasteiger partial charge in [-0.2, -0.15) is 0 Å². The maximum absolute atomic E-state index is 12.4. The Balaban J connectivity index is 0.00000180. The molecule has 0 aromatic heterocycles. The monoisotopic (exact) mass is 288 g/mol. The zero-order valence-corrected chi connectivity index (χ0v) is 13.1. The van der Waals surface area contributed by atoms with Crippen molar-refractivity contribution in [2.24, 2.45) is 23.5 Å². The number of piperidine rings is 1. The molecule has 0 bridgehead atoms. The van der Waals surface area contributed by atoms with Crippen LogP contribution in [-0.4, -0.2) is 29.9 Å². The summed E-state index contributed by atoms with van der Waals surface area (Å²) in [4.78, 5) is 14.5. The lowest BCUT2D eigenvalue weighted by atomic mass is 9.91. The molecule has 2 aliphatic rings. The molecule has 0 aromatic rings. The number of nitrogens with zero attached hydrogens (tertiary/aromatic N) is 1. The van der Waals surface area contributed by atoms with Crippen LogP contribution in [0, 0.1) is 17.8 Å². The van der Waals surface area contributed by atoms with Crippen molar-refractivity contribution in [2.75, 3.05) is 13.1 Å². The molecule has 0 aromatic carbocycles. The van der Waals surface area contributed by atoms with Gasteiger partial charge < -0.3 is 10.6 Å². The Morgan fingerprint density at radius 1 is 1.16 bits per heavy atom. The van der Waals surface area contributed by atoms with E-state index in [1.54, 1.807) is 0 Å². The number of likely N-dealkylation sites (tertiary alicyclic amines) is 1. The van der Waals surface area contributed by atoms with Gasteiger partial charge in [-0.1, -0.05) is 20.3 Å². The van der Waals surface area contributed by atoms with Crippen molar-refractivity contribution in [2.45, 2.75) is 58.4 Å². The van der Waals surface area contributed by atoms with Gasteiger partial charge >= 0.3 is 0 Å². The van der Waals surface area contributed by atoms with Crippen LogP contribution in [0.1, 0.15) is 52.4 Å². The molecule has 1 aliphatic heterocycles. The van der Waals surface area contributed by atoms with Crippen LogP contribution in [0.15, 0.2) is 0 Å². The molecule has 4 unspecified atom stereocenters. The third kappa shape index (κ3) is 4.35. The van der Waals surface area contributed by atoms with E-state index < -0.39 is 0 Å². The minimum atomic E-state index is 0. The van der Waals surface area contributed by atoms with Crippen LogP contribution in [0.5, 0.6) is 0 Å². The Morgan fingerprint density at radius 2 is 1.84 bits per heavy atom. The van der Waals surface area contributed by atoms with Crippen molar-refractivity contribution in [3.63, 3.8) is 0 Å². The predicted octanol–water partition coefficient (Wildman–Crippen LogP) is 2.82. The van der Waals surface area contributed by atoms with Gasteiger partial charge in [0.1, 0.15) is 0 Å². The third-order valence-corrected chi connectivity index (χ3v) is 4.84. The maximum atomic E-state index is 12.4. The van der Waals surface area contributed by atoms with Crippen molar-refractivity contribution in [3.8, 4) is 0 Å². The number of carbonyl (C=O) groups excluding carboxylic acids is 1. The van der Waals surface area contributed by atoms with Gasteiger partial charge in [0.15, 0.2) is 0 Å². The van der Waals surface area contributed by atoms with Gasteiger partial charge in [-0.25, -0.2) is 0 Å². The first-order valence-corrected chi connectivity index (χ1v) is 7.59. The Hall–Kier alpha value is -0.280. The van der Waals surface area contributed by atoms with Gasteiger partial charge in [-0.15, -0.1) is 12.4 Å². The lowest BCUT2D eigenvalue weighted by Crippen LogP contribution is -2.49. The molecule has 1 amide bonds. The van der Waals surface area contributed by atoms with Gasteiger partial charge in [-0.3, -0.25) is 4.79 Å². The van der Waals surface area contributed by atoms with Crippen molar-refractivity contribution in [1.82, 2.24) is 4.90 Å². The fraction of sp³-hybridized carbons (Fsp3) is 0.933. The predicted molar refractivity (Wildman–Crippen MR) is 81.3 cm³/mol. The molecule has 4 heteroatoms. The average Bonchev–Trinajstić information content (AvgIpc) is 2.74. The first kappa shape index (κ1) is 16.8. The fourth-order valence-corrected chi connectivity index (χ4v) is 3.68. The highest BCUT2D eigenvalue weighted by Gasteiger charge is 2.31. The summed E-state index contributed by atoms with van der Waals surface area (Å²) in [6, 6.07) is 0.292. The quantitative estimate of drug-likeness (QED) is 0.868. The van der Waals surface area contributed by atoms with Crippen molar-refractivity contribution in [1.29, 1.82) is 0 Å². The normalized spacial score (nSPS) is 35.0. The van der Waals surface area contributed by atoms with Crippen LogP contribution < -0.4 is 5.73 Å². The lowest BCUT2D eigenvalue weighted by Gasteiger charge is -2.38. The Morgan fingerprint density at radius 3 is 2.42 bits per heavy atom. The van der Waals surface area contributed by atoms with E-state index in [1.165, 1.54) is 19.3 Å². The van der Waals surface area contributed by atoms with Gasteiger partial charge in [-0.05, 0) is 43.4 Å². The van der Waals surface area contributed by atoms with E-state index in [2.05, 4.69) is 18.7 Å². The first-order valence-electron chi connectivity index (χ1n) is 7.59. The average molecular weight is 289 g/mol. The minimum Gasteiger partial charge on any atom is -0.338 e. The third-order valence-electron chi connectivity index (χ3n) is 4.84. The van der Waals surface area contributed by atoms with Gasteiger partial charge in [0.05, 0.1) is 0 Å². The number of carbonyl (C=O) groups is 1. The fourth-order valence-electron chi connectivity index (χ4n) is 3.68. The van der Waals surface area contributed by atoms with Gasteiger partial charge in [0.25, 0.3) is 0 Å². The second-order valence-corrected chi connectivity index (χ2v) is 6.59. The zero-order chi connectivity index (χ0) is 13.1. The van der Waals surface area contributed by atoms with E-state index >= 15 is 0 Å². The van der Waals surface area contributed by atoms with E-state index in [1.807, 2.05) is 0 Å². The van der Waals surface area contributed by atoms with Crippen LogP contribution in [-0.2, 0) is 4.79 Å². The van der Waals surface area contributed by atoms with Crippen molar-refractivity contribution in [3.05, 3.63) is 0 Å². The number of halogens is 1. The van der Waals surface area contributed by atoms with Crippen LogP contribution in [0.3, 0.4) is 0 Å². The van der Waals surface area contributed by atoms with Crippen LogP contribution in [0.25, 0.3) is 0 Å². The molecule has 0 spiro atoms. The molecule has 0 radical (unpaired) electrons. The molecule has 1 saturated carbocycles. The number of nitrogens with two attached hydrogens (primary N) is 1. The maximum Gasteiger partial charge on any atom is 0.223 e. The van der Waals surface area contributed by atoms with E-state index in [0.29, 0.717) is 30.3 Å². The van der Waals surface area contributed by atoms with Crippen LogP contribution in [0.4, 0.5) is 0 Å². The highest BCUT2D eigenvalue weighted by Crippen LogP contribution is 2.33. The van der Waals surface area contributed by atoms with Gasteiger partial charge in [0.2, 0.25) is 5.91 Å². The lowest BCUT2D eigenvalue weighted by molar-refractivity contribution is -0.136. The summed E-state index contributed by atoms with van der Waals surface area (Å²) in [7, 11) is 0. The number of amides is 1. The van der Waals surface area contributed by atoms with Crippen molar-refractivity contribution >= 4 is 18.3 Å². The topological polar surface area (TPSA) is 46.3 Å². The smallest absolute Gasteiger partial charge is 0.223 e. The zero-order valence-electron chi connectivity index (χ0n) is 12.3. The van der Waals surface area contributed by atoms with Crippen LogP contribution in [0.2, 0.25) is 0 Å². The molecule has 1 saturated heterocycles. The van der Waals surface area contributed by atoms with Gasteiger partial charge in [0, 0.05) is 25.6 Å². The van der Waals surface area contributed by atoms with E-state index in [4.69, 9.17) is 5.73 Å². The summed E-state index contributed by atoms with van der Waals surface area (Å²) >= 11 is 0. The summed E-state index contributed by atoms with van der Waals surface area (Å²) < 4.78 is 0. The molecule has 2 N–H and O–H groups in total. The number of rotatable bonds is 3. The summed E-state index contributed by atoms with van der Waals surface area (Å²) in [5, 5.41) is 0. The standard InChI is InChI=1S/C15H28N2O.ClH/c1-11-3-4-13(7-11)9-15(18)17-6-5-12(2)8-14(17)10-16;/h11-14H,3-10,16H2,1-2H3;1H. The minimum absolute atomic E-state index is 0. The highest BCUT2D eigenvalue weighted by molar-refractivity contribution is 5.85. The molecule has 2 fully saturated rings. The number of hydrogen-bond acceptors (Lipinski definition) is 2. The van der Waals surface area contributed by atoms with Crippen molar-refractivity contribution < 1.29 is 4.79 Å². The largest absolute Gasteiger partial charge is 0.338 e. The Bertz CT molecular complexity index is 298. The summed E-state index contributed by atoms with van der Waals surface area (Å²) in [5.41, 5.74) is 5.83. The van der Waals surface area contributed by atoms with E-state index in [9.17, 15) is 4.79 Å². The summed E-state index contributed by atoms with van der Waals surface area (Å²) in [6.45, 7) is 6.11. The molecule has 4 atom stereocenters. The molecule has 112 valence electrons.